The maximum atomic E-state index is 11.8. The fourth-order valence-electron chi connectivity index (χ4n) is 2.09. The minimum atomic E-state index is 0.0635. The number of thiophene rings is 1. The average molecular weight is 347 g/mol. The van der Waals surface area contributed by atoms with E-state index >= 15 is 0 Å². The van der Waals surface area contributed by atoms with Gasteiger partial charge < -0.3 is 10.1 Å². The first-order chi connectivity index (χ1) is 9.13. The molecular weight excluding hydrogens is 328 g/mol. The van der Waals surface area contributed by atoms with Crippen LogP contribution in [0.25, 0.3) is 0 Å². The van der Waals surface area contributed by atoms with Crippen molar-refractivity contribution in [2.45, 2.75) is 25.5 Å². The molecule has 19 heavy (non-hydrogen) atoms. The summed E-state index contributed by atoms with van der Waals surface area (Å²) in [7, 11) is 1.96. The Balaban J connectivity index is 1.66. The highest BCUT2D eigenvalue weighted by atomic mass is 79.9. The predicted octanol–water partition coefficient (Wildman–Crippen LogP) is 2.24. The molecule has 1 aliphatic heterocycles. The summed E-state index contributed by atoms with van der Waals surface area (Å²) in [6.45, 7) is 2.68. The summed E-state index contributed by atoms with van der Waals surface area (Å²) in [5.41, 5.74) is 0. The lowest BCUT2D eigenvalue weighted by atomic mass is 10.2. The van der Waals surface area contributed by atoms with Gasteiger partial charge in [-0.1, -0.05) is 0 Å². The van der Waals surface area contributed by atoms with Gasteiger partial charge in [-0.3, -0.25) is 9.69 Å². The molecule has 1 amide bonds. The number of hydrogen-bond acceptors (Lipinski definition) is 4. The zero-order valence-corrected chi connectivity index (χ0v) is 13.4. The summed E-state index contributed by atoms with van der Waals surface area (Å²) in [5.74, 6) is 0.0635. The van der Waals surface area contributed by atoms with Crippen molar-refractivity contribution in [2.75, 3.05) is 26.7 Å². The number of ether oxygens (including phenoxy) is 1. The van der Waals surface area contributed by atoms with Gasteiger partial charge in [0.1, 0.15) is 0 Å². The van der Waals surface area contributed by atoms with E-state index in [1.807, 2.05) is 11.9 Å². The normalized spacial score (nSPS) is 19.0. The molecule has 0 aromatic carbocycles. The van der Waals surface area contributed by atoms with Crippen LogP contribution in [0.4, 0.5) is 0 Å². The number of halogens is 1. The van der Waals surface area contributed by atoms with E-state index in [1.54, 1.807) is 11.3 Å². The summed E-state index contributed by atoms with van der Waals surface area (Å²) in [6.07, 6.45) is 2.37. The van der Waals surface area contributed by atoms with Gasteiger partial charge in [0, 0.05) is 34.4 Å². The van der Waals surface area contributed by atoms with Gasteiger partial charge in [0.2, 0.25) is 5.91 Å². The minimum absolute atomic E-state index is 0.0635. The molecule has 1 N–H and O–H groups in total. The molecule has 0 bridgehead atoms. The van der Waals surface area contributed by atoms with Crippen LogP contribution < -0.4 is 5.32 Å². The van der Waals surface area contributed by atoms with Gasteiger partial charge in [0.25, 0.3) is 0 Å². The molecule has 4 nitrogen and oxygen atoms in total. The number of amides is 1. The lowest BCUT2D eigenvalue weighted by Gasteiger charge is -2.16. The topological polar surface area (TPSA) is 41.6 Å². The standard InChI is InChI=1S/C13H19BrN2O2S/c1-16(7-12-5-10(14)9-19-12)8-13(17)15-6-11-3-2-4-18-11/h5,9,11H,2-4,6-8H2,1H3,(H,15,17)/t11-/m1/s1. The average Bonchev–Trinajstić information content (AvgIpc) is 2.98. The van der Waals surface area contributed by atoms with Gasteiger partial charge in [-0.05, 0) is 41.9 Å². The van der Waals surface area contributed by atoms with Crippen molar-refractivity contribution in [1.29, 1.82) is 0 Å². The first-order valence-electron chi connectivity index (χ1n) is 6.43. The minimum Gasteiger partial charge on any atom is -0.376 e. The Bertz CT molecular complexity index is 419. The zero-order chi connectivity index (χ0) is 13.7. The molecule has 1 saturated heterocycles. The van der Waals surface area contributed by atoms with Crippen LogP contribution in [0.3, 0.4) is 0 Å². The third kappa shape index (κ3) is 5.22. The van der Waals surface area contributed by atoms with E-state index in [1.165, 1.54) is 4.88 Å². The fraction of sp³-hybridized carbons (Fsp3) is 0.615. The van der Waals surface area contributed by atoms with Crippen molar-refractivity contribution >= 4 is 33.2 Å². The van der Waals surface area contributed by atoms with Crippen LogP contribution in [-0.4, -0.2) is 43.7 Å². The van der Waals surface area contributed by atoms with Crippen LogP contribution in [-0.2, 0) is 16.1 Å². The summed E-state index contributed by atoms with van der Waals surface area (Å²) in [5, 5.41) is 4.99. The Hall–Kier alpha value is -0.430. The Labute approximate surface area is 126 Å². The van der Waals surface area contributed by atoms with Crippen LogP contribution >= 0.6 is 27.3 Å². The van der Waals surface area contributed by atoms with E-state index in [0.717, 1.165) is 30.5 Å². The molecule has 1 aromatic rings. The highest BCUT2D eigenvalue weighted by Gasteiger charge is 2.16. The highest BCUT2D eigenvalue weighted by Crippen LogP contribution is 2.20. The molecule has 1 fully saturated rings. The van der Waals surface area contributed by atoms with Crippen molar-refractivity contribution in [3.8, 4) is 0 Å². The Kier molecular flexibility index (Phi) is 5.81. The van der Waals surface area contributed by atoms with Crippen LogP contribution in [0.1, 0.15) is 17.7 Å². The third-order valence-corrected chi connectivity index (χ3v) is 4.69. The molecule has 106 valence electrons. The van der Waals surface area contributed by atoms with Crippen LogP contribution in [0.2, 0.25) is 0 Å². The summed E-state index contributed by atoms with van der Waals surface area (Å²) in [4.78, 5) is 15.1. The monoisotopic (exact) mass is 346 g/mol. The van der Waals surface area contributed by atoms with Crippen molar-refractivity contribution in [3.63, 3.8) is 0 Å². The van der Waals surface area contributed by atoms with Crippen molar-refractivity contribution in [2.24, 2.45) is 0 Å². The number of hydrogen-bond donors (Lipinski definition) is 1. The first kappa shape index (κ1) is 15.0. The van der Waals surface area contributed by atoms with Gasteiger partial charge in [0.15, 0.2) is 0 Å². The number of likely N-dealkylation sites (N-methyl/N-ethyl adjacent to an activating group) is 1. The Morgan fingerprint density at radius 2 is 2.53 bits per heavy atom. The van der Waals surface area contributed by atoms with Crippen LogP contribution in [0, 0.1) is 0 Å². The second kappa shape index (κ2) is 7.38. The zero-order valence-electron chi connectivity index (χ0n) is 11.0. The van der Waals surface area contributed by atoms with Gasteiger partial charge in [-0.2, -0.15) is 0 Å². The SMILES string of the molecule is CN(CC(=O)NC[C@H]1CCCO1)Cc1cc(Br)cs1. The molecule has 2 rings (SSSR count). The maximum Gasteiger partial charge on any atom is 0.234 e. The fourth-order valence-corrected chi connectivity index (χ4v) is 3.62. The smallest absolute Gasteiger partial charge is 0.234 e. The molecule has 2 heterocycles. The van der Waals surface area contributed by atoms with Crippen LogP contribution in [0.5, 0.6) is 0 Å². The van der Waals surface area contributed by atoms with E-state index in [9.17, 15) is 4.79 Å². The quantitative estimate of drug-likeness (QED) is 0.858. The molecule has 0 saturated carbocycles. The second-order valence-corrected chi connectivity index (χ2v) is 6.75. The molecule has 0 aliphatic carbocycles. The lowest BCUT2D eigenvalue weighted by Crippen LogP contribution is -2.38. The number of nitrogens with zero attached hydrogens (tertiary/aromatic N) is 1. The molecule has 0 spiro atoms. The molecule has 1 aliphatic rings. The van der Waals surface area contributed by atoms with Gasteiger partial charge in [-0.25, -0.2) is 0 Å². The van der Waals surface area contributed by atoms with E-state index < -0.39 is 0 Å². The largest absolute Gasteiger partial charge is 0.376 e. The lowest BCUT2D eigenvalue weighted by molar-refractivity contribution is -0.122. The summed E-state index contributed by atoms with van der Waals surface area (Å²) in [6, 6.07) is 2.09. The van der Waals surface area contributed by atoms with E-state index in [0.29, 0.717) is 13.1 Å². The van der Waals surface area contributed by atoms with Gasteiger partial charge in [-0.15, -0.1) is 11.3 Å². The molecule has 0 unspecified atom stereocenters. The number of carbonyl (C=O) groups is 1. The maximum absolute atomic E-state index is 11.8. The third-order valence-electron chi connectivity index (χ3n) is 3.01. The van der Waals surface area contributed by atoms with E-state index in [2.05, 4.69) is 32.7 Å². The van der Waals surface area contributed by atoms with Crippen molar-refractivity contribution < 1.29 is 9.53 Å². The summed E-state index contributed by atoms with van der Waals surface area (Å²) < 4.78 is 6.58. The van der Waals surface area contributed by atoms with Gasteiger partial charge in [0.05, 0.1) is 12.6 Å². The van der Waals surface area contributed by atoms with Crippen LogP contribution in [0.15, 0.2) is 15.9 Å². The predicted molar refractivity (Wildman–Crippen MR) is 80.3 cm³/mol. The van der Waals surface area contributed by atoms with Gasteiger partial charge >= 0.3 is 0 Å². The number of rotatable bonds is 6. The number of carbonyl (C=O) groups excluding carboxylic acids is 1. The summed E-state index contributed by atoms with van der Waals surface area (Å²) >= 11 is 5.13. The Morgan fingerprint density at radius 1 is 1.68 bits per heavy atom. The van der Waals surface area contributed by atoms with E-state index in [-0.39, 0.29) is 12.0 Å². The molecule has 6 heteroatoms. The molecule has 1 aromatic heterocycles. The Morgan fingerprint density at radius 3 is 3.16 bits per heavy atom. The number of nitrogens with one attached hydrogen (secondary N) is 1. The molecule has 1 atom stereocenters. The van der Waals surface area contributed by atoms with E-state index in [4.69, 9.17) is 4.74 Å². The molecule has 0 radical (unpaired) electrons. The van der Waals surface area contributed by atoms with Crippen molar-refractivity contribution in [1.82, 2.24) is 10.2 Å². The highest BCUT2D eigenvalue weighted by molar-refractivity contribution is 9.10. The second-order valence-electron chi connectivity index (χ2n) is 4.84. The first-order valence-corrected chi connectivity index (χ1v) is 8.10. The molecular formula is C13H19BrN2O2S. The van der Waals surface area contributed by atoms with Crippen molar-refractivity contribution in [3.05, 3.63) is 20.8 Å².